The molecule has 0 atom stereocenters. The first-order valence-electron chi connectivity index (χ1n) is 4.84. The summed E-state index contributed by atoms with van der Waals surface area (Å²) in [6.45, 7) is 5.25. The van der Waals surface area contributed by atoms with E-state index in [1.165, 1.54) is 12.1 Å². The normalized spacial score (nSPS) is 10.9. The van der Waals surface area contributed by atoms with Crippen molar-refractivity contribution in [3.05, 3.63) is 18.2 Å². The summed E-state index contributed by atoms with van der Waals surface area (Å²) in [6.07, 6.45) is -0.788. The number of ether oxygens (including phenoxy) is 2. The molecule has 0 fully saturated rings. The smallest absolute Gasteiger partial charge is 0.428 e. The molecule has 0 heterocycles. The summed E-state index contributed by atoms with van der Waals surface area (Å²) in [5, 5.41) is 0. The molecular weight excluding hydrogens is 208 g/mol. The van der Waals surface area contributed by atoms with Gasteiger partial charge in [0.05, 0.1) is 5.69 Å². The van der Waals surface area contributed by atoms with Crippen molar-refractivity contribution in [2.45, 2.75) is 26.4 Å². The quantitative estimate of drug-likeness (QED) is 0.433. The van der Waals surface area contributed by atoms with Gasteiger partial charge in [-0.15, -0.1) is 0 Å². The van der Waals surface area contributed by atoms with E-state index in [0.717, 1.165) is 0 Å². The van der Waals surface area contributed by atoms with Crippen LogP contribution in [0.5, 0.6) is 5.75 Å². The zero-order valence-electron chi connectivity index (χ0n) is 9.61. The standard InChI is InChI=1S/C11H16N2O3/c1-11(2,3)16-10(14)15-9-5-4-7(12)6-8(9)13/h4-6H,12-13H2,1-3H3. The van der Waals surface area contributed by atoms with Gasteiger partial charge in [0.2, 0.25) is 0 Å². The first kappa shape index (κ1) is 12.2. The summed E-state index contributed by atoms with van der Waals surface area (Å²) < 4.78 is 9.91. The molecule has 0 aliphatic carbocycles. The van der Waals surface area contributed by atoms with Crippen molar-refractivity contribution in [1.82, 2.24) is 0 Å². The number of nitrogen functional groups attached to an aromatic ring is 2. The molecule has 0 aromatic heterocycles. The van der Waals surface area contributed by atoms with Gasteiger partial charge in [-0.1, -0.05) is 0 Å². The fourth-order valence-corrected chi connectivity index (χ4v) is 1.02. The average molecular weight is 224 g/mol. The third-order valence-corrected chi connectivity index (χ3v) is 1.62. The molecule has 5 nitrogen and oxygen atoms in total. The van der Waals surface area contributed by atoms with Crippen LogP contribution in [0, 0.1) is 0 Å². The van der Waals surface area contributed by atoms with Gasteiger partial charge in [-0.2, -0.15) is 0 Å². The van der Waals surface area contributed by atoms with Crippen LogP contribution in [0.2, 0.25) is 0 Å². The molecule has 1 aromatic rings. The lowest BCUT2D eigenvalue weighted by Crippen LogP contribution is -2.26. The Balaban J connectivity index is 2.70. The molecule has 1 aromatic carbocycles. The van der Waals surface area contributed by atoms with E-state index in [4.69, 9.17) is 20.9 Å². The molecule has 16 heavy (non-hydrogen) atoms. The van der Waals surface area contributed by atoms with Crippen LogP contribution in [0.3, 0.4) is 0 Å². The van der Waals surface area contributed by atoms with E-state index in [9.17, 15) is 4.79 Å². The van der Waals surface area contributed by atoms with Crippen LogP contribution in [-0.4, -0.2) is 11.8 Å². The third kappa shape index (κ3) is 3.68. The molecule has 0 saturated carbocycles. The predicted molar refractivity (Wildman–Crippen MR) is 62.1 cm³/mol. The monoisotopic (exact) mass is 224 g/mol. The third-order valence-electron chi connectivity index (χ3n) is 1.62. The van der Waals surface area contributed by atoms with Crippen molar-refractivity contribution in [3.63, 3.8) is 0 Å². The maximum Gasteiger partial charge on any atom is 0.514 e. The lowest BCUT2D eigenvalue weighted by molar-refractivity contribution is 0.0207. The maximum atomic E-state index is 11.3. The number of rotatable bonds is 1. The molecule has 1 rings (SSSR count). The number of carbonyl (C=O) groups is 1. The Morgan fingerprint density at radius 1 is 1.25 bits per heavy atom. The highest BCUT2D eigenvalue weighted by atomic mass is 16.7. The van der Waals surface area contributed by atoms with Gasteiger partial charge >= 0.3 is 6.16 Å². The Labute approximate surface area is 94.3 Å². The SMILES string of the molecule is CC(C)(C)OC(=O)Oc1ccc(N)cc1N. The number of benzene rings is 1. The molecule has 0 saturated heterocycles. The topological polar surface area (TPSA) is 87.6 Å². The molecule has 0 radical (unpaired) electrons. The molecule has 0 aliphatic rings. The van der Waals surface area contributed by atoms with Crippen LogP contribution < -0.4 is 16.2 Å². The van der Waals surface area contributed by atoms with Crippen LogP contribution in [0.1, 0.15) is 20.8 Å². The predicted octanol–water partition coefficient (Wildman–Crippen LogP) is 2.16. The van der Waals surface area contributed by atoms with Gasteiger partial charge < -0.3 is 20.9 Å². The molecule has 4 N–H and O–H groups in total. The van der Waals surface area contributed by atoms with E-state index in [2.05, 4.69) is 0 Å². The highest BCUT2D eigenvalue weighted by Crippen LogP contribution is 2.24. The van der Waals surface area contributed by atoms with Crippen molar-refractivity contribution >= 4 is 17.5 Å². The first-order chi connectivity index (χ1) is 7.28. The van der Waals surface area contributed by atoms with Crippen LogP contribution >= 0.6 is 0 Å². The van der Waals surface area contributed by atoms with Gasteiger partial charge in [0, 0.05) is 5.69 Å². The zero-order chi connectivity index (χ0) is 12.3. The Morgan fingerprint density at radius 3 is 2.38 bits per heavy atom. The van der Waals surface area contributed by atoms with Gasteiger partial charge in [-0.3, -0.25) is 0 Å². The van der Waals surface area contributed by atoms with Crippen LogP contribution in [0.4, 0.5) is 16.2 Å². The second-order valence-corrected chi connectivity index (χ2v) is 4.36. The van der Waals surface area contributed by atoms with Crippen molar-refractivity contribution in [1.29, 1.82) is 0 Å². The fraction of sp³-hybridized carbons (Fsp3) is 0.364. The van der Waals surface area contributed by atoms with Gasteiger partial charge in [0.15, 0.2) is 5.75 Å². The highest BCUT2D eigenvalue weighted by molar-refractivity contribution is 5.70. The lowest BCUT2D eigenvalue weighted by Gasteiger charge is -2.19. The number of anilines is 2. The second kappa shape index (κ2) is 4.30. The largest absolute Gasteiger partial charge is 0.514 e. The van der Waals surface area contributed by atoms with Gasteiger partial charge in [-0.05, 0) is 39.0 Å². The highest BCUT2D eigenvalue weighted by Gasteiger charge is 2.18. The Bertz CT molecular complexity index is 397. The molecule has 0 amide bonds. The summed E-state index contributed by atoms with van der Waals surface area (Å²) in [5.41, 5.74) is 11.3. The Morgan fingerprint density at radius 2 is 1.88 bits per heavy atom. The molecule has 0 unspecified atom stereocenters. The van der Waals surface area contributed by atoms with E-state index in [0.29, 0.717) is 11.4 Å². The fourth-order valence-electron chi connectivity index (χ4n) is 1.02. The molecular formula is C11H16N2O3. The number of hydrogen-bond acceptors (Lipinski definition) is 5. The summed E-state index contributed by atoms with van der Waals surface area (Å²) >= 11 is 0. The first-order valence-corrected chi connectivity index (χ1v) is 4.84. The van der Waals surface area contributed by atoms with E-state index in [1.807, 2.05) is 0 Å². The van der Waals surface area contributed by atoms with Gasteiger partial charge in [0.25, 0.3) is 0 Å². The molecule has 0 aliphatic heterocycles. The molecule has 0 bridgehead atoms. The van der Waals surface area contributed by atoms with E-state index < -0.39 is 11.8 Å². The average Bonchev–Trinajstić information content (AvgIpc) is 2.06. The van der Waals surface area contributed by atoms with E-state index >= 15 is 0 Å². The summed E-state index contributed by atoms with van der Waals surface area (Å²) in [4.78, 5) is 11.3. The minimum Gasteiger partial charge on any atom is -0.428 e. The van der Waals surface area contributed by atoms with Crippen molar-refractivity contribution < 1.29 is 14.3 Å². The molecule has 88 valence electrons. The molecule has 5 heteroatoms. The van der Waals surface area contributed by atoms with Crippen molar-refractivity contribution in [2.24, 2.45) is 0 Å². The van der Waals surface area contributed by atoms with Crippen molar-refractivity contribution in [3.8, 4) is 5.75 Å². The van der Waals surface area contributed by atoms with Gasteiger partial charge in [0.1, 0.15) is 5.60 Å². The summed E-state index contributed by atoms with van der Waals surface area (Å²) in [6, 6.07) is 4.63. The number of hydrogen-bond donors (Lipinski definition) is 2. The lowest BCUT2D eigenvalue weighted by atomic mass is 10.2. The minimum atomic E-state index is -0.788. The second-order valence-electron chi connectivity index (χ2n) is 4.36. The van der Waals surface area contributed by atoms with Crippen LogP contribution in [0.15, 0.2) is 18.2 Å². The van der Waals surface area contributed by atoms with Crippen molar-refractivity contribution in [2.75, 3.05) is 11.5 Å². The van der Waals surface area contributed by atoms with Crippen LogP contribution in [0.25, 0.3) is 0 Å². The Hall–Kier alpha value is -1.91. The summed E-state index contributed by atoms with van der Waals surface area (Å²) in [7, 11) is 0. The zero-order valence-corrected chi connectivity index (χ0v) is 9.61. The van der Waals surface area contributed by atoms with E-state index in [-0.39, 0.29) is 5.75 Å². The number of nitrogens with two attached hydrogens (primary N) is 2. The minimum absolute atomic E-state index is 0.239. The van der Waals surface area contributed by atoms with Crippen LogP contribution in [-0.2, 0) is 4.74 Å². The summed E-state index contributed by atoms with van der Waals surface area (Å²) in [5.74, 6) is 0.239. The van der Waals surface area contributed by atoms with Gasteiger partial charge in [-0.25, -0.2) is 4.79 Å². The molecule has 0 spiro atoms. The van der Waals surface area contributed by atoms with E-state index in [1.54, 1.807) is 26.8 Å². The maximum absolute atomic E-state index is 11.3. The Kier molecular flexibility index (Phi) is 3.27. The number of carbonyl (C=O) groups excluding carboxylic acids is 1.